The molecule has 0 aliphatic carbocycles. The molecule has 0 bridgehead atoms. The van der Waals surface area contributed by atoms with Crippen molar-refractivity contribution in [3.8, 4) is 0 Å². The molecule has 0 spiro atoms. The van der Waals surface area contributed by atoms with Gasteiger partial charge in [0, 0.05) is 10.7 Å². The summed E-state index contributed by atoms with van der Waals surface area (Å²) in [6.07, 6.45) is 0. The van der Waals surface area contributed by atoms with Crippen LogP contribution in [0.4, 0.5) is 11.4 Å². The Hall–Kier alpha value is -3.35. The third kappa shape index (κ3) is 4.77. The van der Waals surface area contributed by atoms with Gasteiger partial charge in [0.05, 0.1) is 10.6 Å². The summed E-state index contributed by atoms with van der Waals surface area (Å²) in [6.45, 7) is 1.48. The van der Waals surface area contributed by atoms with E-state index in [0.717, 1.165) is 20.6 Å². The largest absolute Gasteiger partial charge is 0.324 e. The van der Waals surface area contributed by atoms with E-state index in [0.29, 0.717) is 16.4 Å². The molecule has 1 amide bonds. The van der Waals surface area contributed by atoms with E-state index < -0.39 is 22.5 Å². The number of fused-ring (bicyclic) bond motifs is 1. The average Bonchev–Trinajstić information content (AvgIpc) is 2.77. The van der Waals surface area contributed by atoms with Crippen LogP contribution in [0, 0.1) is 6.92 Å². The van der Waals surface area contributed by atoms with Gasteiger partial charge in [-0.2, -0.15) is 0 Å². The Balaban J connectivity index is 1.65. The smallest absolute Gasteiger partial charge is 0.264 e. The topological polar surface area (TPSA) is 66.5 Å². The van der Waals surface area contributed by atoms with Crippen LogP contribution >= 0.6 is 11.6 Å². The zero-order chi connectivity index (χ0) is 22.7. The number of rotatable bonds is 6. The lowest BCUT2D eigenvalue weighted by Crippen LogP contribution is -2.38. The lowest BCUT2D eigenvalue weighted by atomic mass is 10.1. The highest BCUT2D eigenvalue weighted by Gasteiger charge is 2.27. The van der Waals surface area contributed by atoms with Gasteiger partial charge >= 0.3 is 0 Å². The lowest BCUT2D eigenvalue weighted by molar-refractivity contribution is -0.114. The van der Waals surface area contributed by atoms with Crippen LogP contribution in [0.25, 0.3) is 10.8 Å². The molecule has 4 aromatic carbocycles. The van der Waals surface area contributed by atoms with Crippen molar-refractivity contribution in [1.82, 2.24) is 0 Å². The molecule has 0 radical (unpaired) electrons. The molecule has 0 aliphatic heterocycles. The number of hydrogen-bond donors (Lipinski definition) is 1. The van der Waals surface area contributed by atoms with Crippen LogP contribution in [-0.2, 0) is 14.8 Å². The van der Waals surface area contributed by atoms with Crippen LogP contribution < -0.4 is 9.62 Å². The van der Waals surface area contributed by atoms with E-state index in [2.05, 4.69) is 5.32 Å². The molecular formula is C25H21ClN2O3S. The summed E-state index contributed by atoms with van der Waals surface area (Å²) >= 11 is 6.11. The maximum Gasteiger partial charge on any atom is 0.264 e. The molecule has 32 heavy (non-hydrogen) atoms. The minimum absolute atomic E-state index is 0.0987. The molecule has 0 saturated heterocycles. The zero-order valence-corrected chi connectivity index (χ0v) is 18.9. The molecule has 0 heterocycles. The van der Waals surface area contributed by atoms with E-state index in [-0.39, 0.29) is 4.90 Å². The van der Waals surface area contributed by atoms with Crippen molar-refractivity contribution in [3.05, 3.63) is 102 Å². The number of anilines is 2. The number of halogens is 1. The van der Waals surface area contributed by atoms with Gasteiger partial charge in [-0.1, -0.05) is 65.7 Å². The quantitative estimate of drug-likeness (QED) is 0.401. The molecule has 0 atom stereocenters. The predicted molar refractivity (Wildman–Crippen MR) is 130 cm³/mol. The van der Waals surface area contributed by atoms with Crippen molar-refractivity contribution >= 4 is 49.7 Å². The van der Waals surface area contributed by atoms with Crippen molar-refractivity contribution in [1.29, 1.82) is 0 Å². The van der Waals surface area contributed by atoms with Crippen molar-refractivity contribution < 1.29 is 13.2 Å². The summed E-state index contributed by atoms with van der Waals surface area (Å²) in [7, 11) is -4.00. The van der Waals surface area contributed by atoms with Crippen LogP contribution in [0.5, 0.6) is 0 Å². The number of nitrogens with one attached hydrogen (secondary N) is 1. The second kappa shape index (κ2) is 9.02. The second-order valence-corrected chi connectivity index (χ2v) is 9.71. The molecule has 1 N–H and O–H groups in total. The third-order valence-electron chi connectivity index (χ3n) is 5.03. The average molecular weight is 465 g/mol. The molecule has 0 fully saturated rings. The first-order valence-electron chi connectivity index (χ1n) is 9.96. The van der Waals surface area contributed by atoms with Gasteiger partial charge in [0.15, 0.2) is 0 Å². The Morgan fingerprint density at radius 2 is 1.59 bits per heavy atom. The maximum atomic E-state index is 13.4. The second-order valence-electron chi connectivity index (χ2n) is 7.41. The summed E-state index contributed by atoms with van der Waals surface area (Å²) in [5, 5.41) is 5.21. The molecule has 0 unspecified atom stereocenters. The number of benzene rings is 4. The zero-order valence-electron chi connectivity index (χ0n) is 17.3. The Labute approximate surface area is 192 Å². The van der Waals surface area contributed by atoms with Gasteiger partial charge in [-0.25, -0.2) is 8.42 Å². The Morgan fingerprint density at radius 1 is 0.875 bits per heavy atom. The minimum Gasteiger partial charge on any atom is -0.324 e. The summed E-state index contributed by atoms with van der Waals surface area (Å²) in [5.74, 6) is -0.462. The molecule has 0 aromatic heterocycles. The molecule has 162 valence electrons. The van der Waals surface area contributed by atoms with Crippen molar-refractivity contribution in [3.63, 3.8) is 0 Å². The van der Waals surface area contributed by atoms with E-state index >= 15 is 0 Å². The predicted octanol–water partition coefficient (Wildman–Crippen LogP) is 5.64. The minimum atomic E-state index is -4.00. The molecule has 5 nitrogen and oxygen atoms in total. The number of amides is 1. The summed E-state index contributed by atoms with van der Waals surface area (Å²) < 4.78 is 27.9. The molecular weight excluding hydrogens is 444 g/mol. The van der Waals surface area contributed by atoms with Crippen LogP contribution in [0.2, 0.25) is 5.02 Å². The SMILES string of the molecule is Cc1ccc(S(=O)(=O)N(CC(=O)Nc2ccc3ccccc3c2)c2cccc(Cl)c2)cc1. The van der Waals surface area contributed by atoms with E-state index in [1.807, 2.05) is 43.3 Å². The number of sulfonamides is 1. The van der Waals surface area contributed by atoms with Gasteiger partial charge in [0.2, 0.25) is 5.91 Å². The van der Waals surface area contributed by atoms with Gasteiger partial charge in [-0.05, 0) is 60.2 Å². The lowest BCUT2D eigenvalue weighted by Gasteiger charge is -2.24. The Kier molecular flexibility index (Phi) is 6.17. The van der Waals surface area contributed by atoms with Crippen molar-refractivity contribution in [2.45, 2.75) is 11.8 Å². The number of nitrogens with zero attached hydrogens (tertiary/aromatic N) is 1. The van der Waals surface area contributed by atoms with Crippen molar-refractivity contribution in [2.24, 2.45) is 0 Å². The first kappa shape index (κ1) is 21.9. The summed E-state index contributed by atoms with van der Waals surface area (Å²) in [4.78, 5) is 13.0. The number of aryl methyl sites for hydroxylation is 1. The van der Waals surface area contributed by atoms with Crippen molar-refractivity contribution in [2.75, 3.05) is 16.2 Å². The fraction of sp³-hybridized carbons (Fsp3) is 0.0800. The van der Waals surface area contributed by atoms with Crippen LogP contribution in [-0.4, -0.2) is 20.9 Å². The first-order valence-corrected chi connectivity index (χ1v) is 11.8. The van der Waals surface area contributed by atoms with E-state index in [1.54, 1.807) is 36.4 Å². The highest BCUT2D eigenvalue weighted by molar-refractivity contribution is 7.92. The summed E-state index contributed by atoms with van der Waals surface area (Å²) in [5.41, 5.74) is 1.84. The molecule has 4 aromatic rings. The monoisotopic (exact) mass is 464 g/mol. The third-order valence-corrected chi connectivity index (χ3v) is 7.05. The normalized spacial score (nSPS) is 11.3. The van der Waals surface area contributed by atoms with Crippen LogP contribution in [0.15, 0.2) is 95.9 Å². The first-order chi connectivity index (χ1) is 15.3. The van der Waals surface area contributed by atoms with E-state index in [1.165, 1.54) is 18.2 Å². The highest BCUT2D eigenvalue weighted by Crippen LogP contribution is 2.27. The molecule has 0 aliphatic rings. The van der Waals surface area contributed by atoms with Gasteiger partial charge in [-0.15, -0.1) is 0 Å². The van der Waals surface area contributed by atoms with Gasteiger partial charge in [-0.3, -0.25) is 9.10 Å². The number of hydrogen-bond acceptors (Lipinski definition) is 3. The molecule has 4 rings (SSSR count). The number of carbonyl (C=O) groups is 1. The van der Waals surface area contributed by atoms with Crippen LogP contribution in [0.1, 0.15) is 5.56 Å². The van der Waals surface area contributed by atoms with Crippen LogP contribution in [0.3, 0.4) is 0 Å². The standard InChI is InChI=1S/C25H21ClN2O3S/c1-18-9-13-24(14-10-18)32(30,31)28(23-8-4-7-21(26)16-23)17-25(29)27-22-12-11-19-5-2-3-6-20(19)15-22/h2-16H,17H2,1H3,(H,27,29). The number of carbonyl (C=O) groups excluding carboxylic acids is 1. The fourth-order valence-corrected chi connectivity index (χ4v) is 4.98. The van der Waals surface area contributed by atoms with Gasteiger partial charge < -0.3 is 5.32 Å². The highest BCUT2D eigenvalue weighted by atomic mass is 35.5. The fourth-order valence-electron chi connectivity index (χ4n) is 3.38. The maximum absolute atomic E-state index is 13.4. The molecule has 0 saturated carbocycles. The van der Waals surface area contributed by atoms with Gasteiger partial charge in [0.25, 0.3) is 10.0 Å². The molecule has 7 heteroatoms. The van der Waals surface area contributed by atoms with E-state index in [9.17, 15) is 13.2 Å². The van der Waals surface area contributed by atoms with Gasteiger partial charge in [0.1, 0.15) is 6.54 Å². The summed E-state index contributed by atoms with van der Waals surface area (Å²) in [6, 6.07) is 26.3. The Morgan fingerprint density at radius 3 is 2.31 bits per heavy atom. The van der Waals surface area contributed by atoms with E-state index in [4.69, 9.17) is 11.6 Å². The Bertz CT molecular complexity index is 1390.